The summed E-state index contributed by atoms with van der Waals surface area (Å²) in [5, 5.41) is 0.937. The van der Waals surface area contributed by atoms with Gasteiger partial charge in [-0.15, -0.1) is 0 Å². The molecule has 5 nitrogen and oxygen atoms in total. The Balaban J connectivity index is 2.06. The Kier molecular flexibility index (Phi) is 5.82. The monoisotopic (exact) mass is 400 g/mol. The summed E-state index contributed by atoms with van der Waals surface area (Å²) in [5.74, 6) is 0.867. The Hall–Kier alpha value is -2.31. The predicted molar refractivity (Wildman–Crippen MR) is 114 cm³/mol. The maximum Gasteiger partial charge on any atom is 0.268 e. The van der Waals surface area contributed by atoms with Gasteiger partial charge in [0.25, 0.3) is 10.0 Å². The van der Waals surface area contributed by atoms with Crippen LogP contribution in [-0.4, -0.2) is 44.5 Å². The molecule has 0 spiro atoms. The van der Waals surface area contributed by atoms with Crippen LogP contribution in [-0.2, 0) is 10.0 Å². The highest BCUT2D eigenvalue weighted by atomic mass is 32.2. The summed E-state index contributed by atoms with van der Waals surface area (Å²) in [5.41, 5.74) is 2.62. The molecular formula is C22H28N2O3S. The number of hydrogen-bond acceptors (Lipinski definition) is 4. The molecular weight excluding hydrogens is 372 g/mol. The molecule has 0 radical (unpaired) electrons. The molecule has 0 amide bonds. The molecule has 0 unspecified atom stereocenters. The van der Waals surface area contributed by atoms with Crippen LogP contribution in [0.3, 0.4) is 0 Å². The number of para-hydroxylation sites is 1. The van der Waals surface area contributed by atoms with E-state index in [-0.39, 0.29) is 10.8 Å². The molecule has 3 aromatic rings. The molecule has 0 saturated carbocycles. The van der Waals surface area contributed by atoms with E-state index >= 15 is 0 Å². The molecule has 3 rings (SSSR count). The van der Waals surface area contributed by atoms with Crippen LogP contribution in [0.1, 0.15) is 30.9 Å². The zero-order chi connectivity index (χ0) is 20.5. The van der Waals surface area contributed by atoms with Crippen molar-refractivity contribution in [3.05, 3.63) is 59.8 Å². The molecule has 28 heavy (non-hydrogen) atoms. The first-order chi connectivity index (χ1) is 13.2. The first-order valence-electron chi connectivity index (χ1n) is 9.45. The lowest BCUT2D eigenvalue weighted by molar-refractivity contribution is 0.258. The van der Waals surface area contributed by atoms with Crippen LogP contribution in [0.5, 0.6) is 5.75 Å². The number of likely N-dealkylation sites (N-methyl/N-ethyl adjacent to an activating group) is 1. The Morgan fingerprint density at radius 3 is 2.50 bits per heavy atom. The third-order valence-corrected chi connectivity index (χ3v) is 6.51. The summed E-state index contributed by atoms with van der Waals surface area (Å²) in [6.07, 6.45) is 1.68. The lowest BCUT2D eigenvalue weighted by atomic mass is 10.0. The van der Waals surface area contributed by atoms with Gasteiger partial charge in [0, 0.05) is 24.2 Å². The van der Waals surface area contributed by atoms with Crippen LogP contribution in [0.25, 0.3) is 10.9 Å². The van der Waals surface area contributed by atoms with Gasteiger partial charge in [-0.05, 0) is 50.2 Å². The van der Waals surface area contributed by atoms with E-state index in [4.69, 9.17) is 4.74 Å². The van der Waals surface area contributed by atoms with Gasteiger partial charge in [0.05, 0.1) is 10.4 Å². The number of aromatic nitrogens is 1. The van der Waals surface area contributed by atoms with E-state index in [1.165, 1.54) is 3.97 Å². The van der Waals surface area contributed by atoms with Crippen LogP contribution >= 0.6 is 0 Å². The van der Waals surface area contributed by atoms with Crippen LogP contribution < -0.4 is 4.74 Å². The fourth-order valence-corrected chi connectivity index (χ4v) is 4.68. The Labute approximate surface area is 167 Å². The standard InChI is InChI=1S/C22H28N2O3S/c1-16(2)19-11-10-18(14-22(19)27-13-12-23(4)5)28(25,26)24-15-17(3)20-8-6-7-9-21(20)24/h6-11,14-16H,12-13H2,1-5H3. The number of hydrogen-bond donors (Lipinski definition) is 0. The molecule has 0 bridgehead atoms. The van der Waals surface area contributed by atoms with Gasteiger partial charge < -0.3 is 9.64 Å². The number of aryl methyl sites for hydroxylation is 1. The maximum atomic E-state index is 13.4. The molecule has 1 heterocycles. The summed E-state index contributed by atoms with van der Waals surface area (Å²) < 4.78 is 34.1. The second kappa shape index (κ2) is 7.97. The minimum Gasteiger partial charge on any atom is -0.492 e. The van der Waals surface area contributed by atoms with E-state index in [1.807, 2.05) is 56.3 Å². The van der Waals surface area contributed by atoms with E-state index in [0.717, 1.165) is 23.1 Å². The summed E-state index contributed by atoms with van der Waals surface area (Å²) in [7, 11) is 0.234. The molecule has 0 saturated heterocycles. The normalized spacial score (nSPS) is 12.2. The lowest BCUT2D eigenvalue weighted by Gasteiger charge is -2.17. The molecule has 6 heteroatoms. The van der Waals surface area contributed by atoms with E-state index in [1.54, 1.807) is 18.3 Å². The van der Waals surface area contributed by atoms with Gasteiger partial charge in [0.1, 0.15) is 12.4 Å². The molecule has 0 aliphatic rings. The summed E-state index contributed by atoms with van der Waals surface area (Å²) >= 11 is 0. The van der Waals surface area contributed by atoms with Crippen molar-refractivity contribution in [2.24, 2.45) is 0 Å². The average Bonchev–Trinajstić information content (AvgIpc) is 2.99. The zero-order valence-electron chi connectivity index (χ0n) is 17.1. The lowest BCUT2D eigenvalue weighted by Crippen LogP contribution is -2.20. The van der Waals surface area contributed by atoms with Crippen molar-refractivity contribution < 1.29 is 13.2 Å². The zero-order valence-corrected chi connectivity index (χ0v) is 18.0. The van der Waals surface area contributed by atoms with Crippen molar-refractivity contribution in [2.45, 2.75) is 31.6 Å². The third-order valence-electron chi connectivity index (χ3n) is 4.84. The van der Waals surface area contributed by atoms with Crippen molar-refractivity contribution in [1.82, 2.24) is 8.87 Å². The third kappa shape index (κ3) is 3.93. The maximum absolute atomic E-state index is 13.4. The number of fused-ring (bicyclic) bond motifs is 1. The summed E-state index contributed by atoms with van der Waals surface area (Å²) in [6.45, 7) is 7.33. The number of benzene rings is 2. The molecule has 0 aliphatic carbocycles. The van der Waals surface area contributed by atoms with Crippen LogP contribution in [0.15, 0.2) is 53.6 Å². The van der Waals surface area contributed by atoms with Gasteiger partial charge in [-0.2, -0.15) is 0 Å². The molecule has 0 fully saturated rings. The Morgan fingerprint density at radius 2 is 1.82 bits per heavy atom. The number of ether oxygens (including phenoxy) is 1. The van der Waals surface area contributed by atoms with Crippen LogP contribution in [0, 0.1) is 6.92 Å². The molecule has 0 aliphatic heterocycles. The average molecular weight is 401 g/mol. The summed E-state index contributed by atoms with van der Waals surface area (Å²) in [4.78, 5) is 2.27. The quantitative estimate of drug-likeness (QED) is 0.595. The largest absolute Gasteiger partial charge is 0.492 e. The van der Waals surface area contributed by atoms with Gasteiger partial charge in [-0.3, -0.25) is 0 Å². The van der Waals surface area contributed by atoms with Gasteiger partial charge >= 0.3 is 0 Å². The van der Waals surface area contributed by atoms with Gasteiger partial charge in [0.15, 0.2) is 0 Å². The van der Waals surface area contributed by atoms with E-state index in [9.17, 15) is 8.42 Å². The van der Waals surface area contributed by atoms with Gasteiger partial charge in [-0.1, -0.05) is 38.1 Å². The van der Waals surface area contributed by atoms with Crippen LogP contribution in [0.4, 0.5) is 0 Å². The first-order valence-corrected chi connectivity index (χ1v) is 10.9. The fourth-order valence-electron chi connectivity index (χ4n) is 3.24. The van der Waals surface area contributed by atoms with Crippen molar-refractivity contribution in [1.29, 1.82) is 0 Å². The van der Waals surface area contributed by atoms with Crippen molar-refractivity contribution in [2.75, 3.05) is 27.2 Å². The molecule has 0 N–H and O–H groups in total. The fraction of sp³-hybridized carbons (Fsp3) is 0.364. The first kappa shape index (κ1) is 20.4. The molecule has 2 aromatic carbocycles. The highest BCUT2D eigenvalue weighted by molar-refractivity contribution is 7.90. The van der Waals surface area contributed by atoms with Gasteiger partial charge in [-0.25, -0.2) is 12.4 Å². The van der Waals surface area contributed by atoms with Crippen LogP contribution in [0.2, 0.25) is 0 Å². The second-order valence-electron chi connectivity index (χ2n) is 7.64. The number of rotatable bonds is 7. The highest BCUT2D eigenvalue weighted by Gasteiger charge is 2.22. The van der Waals surface area contributed by atoms with Gasteiger partial charge in [0.2, 0.25) is 0 Å². The van der Waals surface area contributed by atoms with Crippen molar-refractivity contribution in [3.8, 4) is 5.75 Å². The summed E-state index contributed by atoms with van der Waals surface area (Å²) in [6, 6.07) is 12.7. The van der Waals surface area contributed by atoms with E-state index in [0.29, 0.717) is 17.9 Å². The topological polar surface area (TPSA) is 51.5 Å². The van der Waals surface area contributed by atoms with E-state index in [2.05, 4.69) is 13.8 Å². The molecule has 150 valence electrons. The van der Waals surface area contributed by atoms with E-state index < -0.39 is 10.0 Å². The Morgan fingerprint density at radius 1 is 1.11 bits per heavy atom. The number of nitrogens with zero attached hydrogens (tertiary/aromatic N) is 2. The highest BCUT2D eigenvalue weighted by Crippen LogP contribution is 2.32. The van der Waals surface area contributed by atoms with Crippen molar-refractivity contribution in [3.63, 3.8) is 0 Å². The molecule has 1 aromatic heterocycles. The molecule has 0 atom stereocenters. The Bertz CT molecular complexity index is 1080. The SMILES string of the molecule is Cc1cn(S(=O)(=O)c2ccc(C(C)C)c(OCCN(C)C)c2)c2ccccc12. The predicted octanol–water partition coefficient (Wildman–Crippen LogP) is 4.25. The second-order valence-corrected chi connectivity index (χ2v) is 9.45. The van der Waals surface area contributed by atoms with Crippen molar-refractivity contribution >= 4 is 20.9 Å². The minimum absolute atomic E-state index is 0.234. The minimum atomic E-state index is -3.72. The smallest absolute Gasteiger partial charge is 0.268 e.